The van der Waals surface area contributed by atoms with Gasteiger partial charge >= 0.3 is 0 Å². The van der Waals surface area contributed by atoms with E-state index in [9.17, 15) is 0 Å². The van der Waals surface area contributed by atoms with Crippen LogP contribution in [0.3, 0.4) is 0 Å². The normalized spacial score (nSPS) is 11.0. The van der Waals surface area contributed by atoms with Gasteiger partial charge < -0.3 is 10.1 Å². The summed E-state index contributed by atoms with van der Waals surface area (Å²) in [4.78, 5) is 4.43. The van der Waals surface area contributed by atoms with E-state index in [2.05, 4.69) is 36.5 Å². The average molecular weight is 242 g/mol. The van der Waals surface area contributed by atoms with E-state index in [0.717, 1.165) is 49.3 Å². The summed E-state index contributed by atoms with van der Waals surface area (Å²) in [6.07, 6.45) is 2.14. The molecule has 3 nitrogen and oxygen atoms in total. The molecular formula is C12H22N2OS. The number of nitrogens with zero attached hydrogens (tertiary/aromatic N) is 1. The molecular weight excluding hydrogens is 220 g/mol. The largest absolute Gasteiger partial charge is 0.380 e. The van der Waals surface area contributed by atoms with Crippen molar-refractivity contribution < 1.29 is 4.74 Å². The molecule has 0 aromatic carbocycles. The van der Waals surface area contributed by atoms with Gasteiger partial charge in [0, 0.05) is 18.5 Å². The quantitative estimate of drug-likeness (QED) is 0.711. The van der Waals surface area contributed by atoms with Crippen molar-refractivity contribution in [3.05, 3.63) is 11.1 Å². The summed E-state index contributed by atoms with van der Waals surface area (Å²) in [5.74, 6) is 0.721. The Morgan fingerprint density at radius 3 is 2.88 bits per heavy atom. The van der Waals surface area contributed by atoms with Gasteiger partial charge in [-0.3, -0.25) is 0 Å². The molecule has 92 valence electrons. The monoisotopic (exact) mass is 242 g/mol. The first-order chi connectivity index (χ1) is 7.72. The lowest BCUT2D eigenvalue weighted by Crippen LogP contribution is -2.10. The van der Waals surface area contributed by atoms with Crippen LogP contribution in [0.5, 0.6) is 0 Å². The molecule has 0 fully saturated rings. The number of anilines is 1. The van der Waals surface area contributed by atoms with Crippen LogP contribution >= 0.6 is 11.3 Å². The molecule has 1 heterocycles. The fourth-order valence-electron chi connectivity index (χ4n) is 1.20. The molecule has 0 aliphatic rings. The molecule has 4 heteroatoms. The third-order valence-corrected chi connectivity index (χ3v) is 3.12. The van der Waals surface area contributed by atoms with Crippen molar-refractivity contribution in [3.8, 4) is 0 Å². The summed E-state index contributed by atoms with van der Waals surface area (Å²) in [6.45, 7) is 9.00. The minimum atomic E-state index is 0.721. The maximum absolute atomic E-state index is 5.51. The lowest BCUT2D eigenvalue weighted by Gasteiger charge is -2.06. The van der Waals surface area contributed by atoms with Gasteiger partial charge in [-0.15, -0.1) is 11.3 Å². The highest BCUT2D eigenvalue weighted by molar-refractivity contribution is 7.13. The Morgan fingerprint density at radius 1 is 1.44 bits per heavy atom. The first-order valence-electron chi connectivity index (χ1n) is 5.98. The van der Waals surface area contributed by atoms with Crippen molar-refractivity contribution >= 4 is 16.5 Å². The Balaban J connectivity index is 2.02. The van der Waals surface area contributed by atoms with E-state index < -0.39 is 0 Å². The molecule has 0 aliphatic carbocycles. The number of hydrogen-bond donors (Lipinski definition) is 1. The lowest BCUT2D eigenvalue weighted by molar-refractivity contribution is 0.132. The number of rotatable bonds is 8. The van der Waals surface area contributed by atoms with Gasteiger partial charge in [0.1, 0.15) is 0 Å². The third kappa shape index (κ3) is 5.47. The maximum atomic E-state index is 5.51. The summed E-state index contributed by atoms with van der Waals surface area (Å²) < 4.78 is 5.51. The predicted molar refractivity (Wildman–Crippen MR) is 70.3 cm³/mol. The zero-order valence-corrected chi connectivity index (χ0v) is 11.3. The van der Waals surface area contributed by atoms with Gasteiger partial charge in [0.2, 0.25) is 0 Å². The standard InChI is InChI=1S/C12H22N2OS/c1-4-11-9-16-12(14-11)13-6-8-15-7-5-10(2)3/h9-10H,4-8H2,1-3H3,(H,13,14). The van der Waals surface area contributed by atoms with Gasteiger partial charge in [-0.1, -0.05) is 20.8 Å². The fourth-order valence-corrected chi connectivity index (χ4v) is 2.02. The van der Waals surface area contributed by atoms with Crippen molar-refractivity contribution in [1.29, 1.82) is 0 Å². The van der Waals surface area contributed by atoms with E-state index in [1.54, 1.807) is 11.3 Å². The fraction of sp³-hybridized carbons (Fsp3) is 0.750. The van der Waals surface area contributed by atoms with Gasteiger partial charge in [-0.25, -0.2) is 4.98 Å². The number of hydrogen-bond acceptors (Lipinski definition) is 4. The van der Waals surface area contributed by atoms with E-state index in [1.807, 2.05) is 0 Å². The van der Waals surface area contributed by atoms with Gasteiger partial charge in [0.25, 0.3) is 0 Å². The smallest absolute Gasteiger partial charge is 0.182 e. The molecule has 0 bridgehead atoms. The number of aromatic nitrogens is 1. The van der Waals surface area contributed by atoms with E-state index in [4.69, 9.17) is 4.74 Å². The second-order valence-corrected chi connectivity index (χ2v) is 5.08. The van der Waals surface area contributed by atoms with E-state index in [-0.39, 0.29) is 0 Å². The molecule has 0 amide bonds. The van der Waals surface area contributed by atoms with Crippen molar-refractivity contribution in [2.75, 3.05) is 25.1 Å². The molecule has 0 unspecified atom stereocenters. The molecule has 0 spiro atoms. The number of ether oxygens (including phenoxy) is 1. The molecule has 0 aliphatic heterocycles. The van der Waals surface area contributed by atoms with Crippen LogP contribution in [-0.4, -0.2) is 24.7 Å². The van der Waals surface area contributed by atoms with Crippen LogP contribution < -0.4 is 5.32 Å². The van der Waals surface area contributed by atoms with Crippen LogP contribution in [0.2, 0.25) is 0 Å². The summed E-state index contributed by atoms with van der Waals surface area (Å²) in [5.41, 5.74) is 1.16. The SMILES string of the molecule is CCc1csc(NCCOCCC(C)C)n1. The molecule has 0 radical (unpaired) electrons. The highest BCUT2D eigenvalue weighted by Crippen LogP contribution is 2.14. The molecule has 16 heavy (non-hydrogen) atoms. The van der Waals surface area contributed by atoms with Gasteiger partial charge in [0.15, 0.2) is 5.13 Å². The van der Waals surface area contributed by atoms with Crippen molar-refractivity contribution in [2.45, 2.75) is 33.6 Å². The number of nitrogens with one attached hydrogen (secondary N) is 1. The van der Waals surface area contributed by atoms with Gasteiger partial charge in [-0.05, 0) is 18.8 Å². The van der Waals surface area contributed by atoms with E-state index >= 15 is 0 Å². The van der Waals surface area contributed by atoms with Crippen LogP contribution in [0.1, 0.15) is 32.9 Å². The highest BCUT2D eigenvalue weighted by atomic mass is 32.1. The summed E-state index contributed by atoms with van der Waals surface area (Å²) >= 11 is 1.67. The van der Waals surface area contributed by atoms with Crippen molar-refractivity contribution in [2.24, 2.45) is 5.92 Å². The minimum Gasteiger partial charge on any atom is -0.380 e. The minimum absolute atomic E-state index is 0.721. The molecule has 0 atom stereocenters. The second kappa shape index (κ2) is 7.63. The van der Waals surface area contributed by atoms with Crippen LogP contribution in [0, 0.1) is 5.92 Å². The molecule has 1 N–H and O–H groups in total. The van der Waals surface area contributed by atoms with Crippen LogP contribution in [0.4, 0.5) is 5.13 Å². The topological polar surface area (TPSA) is 34.1 Å². The van der Waals surface area contributed by atoms with E-state index in [0.29, 0.717) is 0 Å². The number of thiazole rings is 1. The van der Waals surface area contributed by atoms with Crippen molar-refractivity contribution in [1.82, 2.24) is 4.98 Å². The van der Waals surface area contributed by atoms with Gasteiger partial charge in [0.05, 0.1) is 12.3 Å². The Bertz CT molecular complexity index is 286. The first-order valence-corrected chi connectivity index (χ1v) is 6.86. The molecule has 0 saturated heterocycles. The highest BCUT2D eigenvalue weighted by Gasteiger charge is 1.99. The van der Waals surface area contributed by atoms with Crippen molar-refractivity contribution in [3.63, 3.8) is 0 Å². The zero-order valence-electron chi connectivity index (χ0n) is 10.5. The number of aryl methyl sites for hydroxylation is 1. The Morgan fingerprint density at radius 2 is 2.25 bits per heavy atom. The zero-order chi connectivity index (χ0) is 11.8. The average Bonchev–Trinajstić information content (AvgIpc) is 2.70. The molecule has 0 saturated carbocycles. The summed E-state index contributed by atoms with van der Waals surface area (Å²) in [7, 11) is 0. The second-order valence-electron chi connectivity index (χ2n) is 4.22. The Labute approximate surface area is 102 Å². The molecule has 1 rings (SSSR count). The molecule has 1 aromatic rings. The predicted octanol–water partition coefficient (Wildman–Crippen LogP) is 3.18. The van der Waals surface area contributed by atoms with Crippen LogP contribution in [0.25, 0.3) is 0 Å². The summed E-state index contributed by atoms with van der Waals surface area (Å²) in [6, 6.07) is 0. The van der Waals surface area contributed by atoms with E-state index in [1.165, 1.54) is 0 Å². The van der Waals surface area contributed by atoms with Gasteiger partial charge in [-0.2, -0.15) is 0 Å². The maximum Gasteiger partial charge on any atom is 0.182 e. The Hall–Kier alpha value is -0.610. The van der Waals surface area contributed by atoms with Crippen LogP contribution in [-0.2, 0) is 11.2 Å². The first kappa shape index (κ1) is 13.5. The lowest BCUT2D eigenvalue weighted by atomic mass is 10.1. The third-order valence-electron chi connectivity index (χ3n) is 2.28. The van der Waals surface area contributed by atoms with Crippen LogP contribution in [0.15, 0.2) is 5.38 Å². The Kier molecular flexibility index (Phi) is 6.42. The molecule has 1 aromatic heterocycles. The summed E-state index contributed by atoms with van der Waals surface area (Å²) in [5, 5.41) is 6.37.